The molecule has 2 aliphatic rings. The van der Waals surface area contributed by atoms with E-state index in [9.17, 15) is 0 Å². The molecule has 0 N–H and O–H groups in total. The molecule has 0 fully saturated rings. The van der Waals surface area contributed by atoms with Crippen molar-refractivity contribution in [2.75, 3.05) is 0 Å². The van der Waals surface area contributed by atoms with Gasteiger partial charge in [0, 0.05) is 11.5 Å². The number of hydrogen-bond donors (Lipinski definition) is 0. The van der Waals surface area contributed by atoms with Crippen molar-refractivity contribution in [1.82, 2.24) is 9.13 Å². The van der Waals surface area contributed by atoms with Crippen LogP contribution in [-0.2, 0) is 7.05 Å². The Balaban J connectivity index is 0.000000186. The number of benzene rings is 4. The minimum Gasteiger partial charge on any atom is -0.232 e. The molecule has 2 atom stereocenters. The number of imidazole rings is 2. The Bertz CT molecular complexity index is 2260. The first-order valence-corrected chi connectivity index (χ1v) is 19.5. The lowest BCUT2D eigenvalue weighted by Gasteiger charge is -2.29. The molecule has 270 valence electrons. The quantitative estimate of drug-likeness (QED) is 0.148. The Hall–Kier alpha value is -5.22. The summed E-state index contributed by atoms with van der Waals surface area (Å²) >= 11 is 0. The average molecular weight is 701 g/mol. The summed E-state index contributed by atoms with van der Waals surface area (Å²) in [5.74, 6) is 4.47. The van der Waals surface area contributed by atoms with Crippen LogP contribution in [0, 0.1) is 31.6 Å². The number of aromatic nitrogens is 4. The van der Waals surface area contributed by atoms with Crippen LogP contribution in [-0.4, -0.2) is 9.13 Å². The van der Waals surface area contributed by atoms with E-state index in [2.05, 4.69) is 215 Å². The molecule has 2 aromatic heterocycles. The van der Waals surface area contributed by atoms with Gasteiger partial charge in [-0.2, -0.15) is 9.13 Å². The predicted octanol–water partition coefficient (Wildman–Crippen LogP) is 11.2. The zero-order valence-electron chi connectivity index (χ0n) is 33.1. The number of rotatable bonds is 7. The summed E-state index contributed by atoms with van der Waals surface area (Å²) in [4.78, 5) is 0. The van der Waals surface area contributed by atoms with Crippen molar-refractivity contribution >= 4 is 5.70 Å². The molecular formula is C49H56N4+2. The smallest absolute Gasteiger partial charge is 0.232 e. The number of nitrogens with zero attached hydrogens (tertiary/aromatic N) is 4. The van der Waals surface area contributed by atoms with Crippen molar-refractivity contribution in [2.45, 2.75) is 73.8 Å². The van der Waals surface area contributed by atoms with Crippen molar-refractivity contribution in [3.63, 3.8) is 0 Å². The van der Waals surface area contributed by atoms with Crippen LogP contribution in [0.1, 0.15) is 82.2 Å². The van der Waals surface area contributed by atoms with E-state index in [4.69, 9.17) is 0 Å². The molecule has 0 saturated heterocycles. The van der Waals surface area contributed by atoms with Gasteiger partial charge in [0.25, 0.3) is 11.6 Å². The van der Waals surface area contributed by atoms with E-state index in [0.717, 1.165) is 6.42 Å². The zero-order chi connectivity index (χ0) is 37.4. The van der Waals surface area contributed by atoms with Gasteiger partial charge in [-0.3, -0.25) is 0 Å². The first-order chi connectivity index (χ1) is 25.6. The van der Waals surface area contributed by atoms with Crippen LogP contribution in [0.5, 0.6) is 0 Å². The van der Waals surface area contributed by atoms with Crippen LogP contribution in [0.2, 0.25) is 0 Å². The molecule has 4 nitrogen and oxygen atoms in total. The first-order valence-electron chi connectivity index (χ1n) is 19.5. The third-order valence-electron chi connectivity index (χ3n) is 11.2. The van der Waals surface area contributed by atoms with Gasteiger partial charge < -0.3 is 0 Å². The number of para-hydroxylation sites is 1. The molecule has 8 rings (SSSR count). The molecular weight excluding hydrogens is 645 g/mol. The van der Waals surface area contributed by atoms with Gasteiger partial charge in [0.1, 0.15) is 42.2 Å². The van der Waals surface area contributed by atoms with Crippen LogP contribution >= 0.6 is 0 Å². The number of fused-ring (bicyclic) bond motifs is 3. The summed E-state index contributed by atoms with van der Waals surface area (Å²) in [6.45, 7) is 18.4. The highest BCUT2D eigenvalue weighted by Gasteiger charge is 2.41. The standard InChI is InChI=1S/C31H37N2.C18H19N2/c1-20(2)27-18-24(23-12-8-7-9-13-23)19-28(21(3)4)30(27)33-17-16-32-29(22(5)6)25-14-10-11-15-26(25)31(32)33;1-14-8-7-9-15(2)17(14)20-13-12-19(3)18(20)16-10-5-4-6-11-16/h7-18,20-22,24,29H,19H2,1-6H3;4-13H,1-3H3/q2*+1/t24?,29-;/m1./s1. The summed E-state index contributed by atoms with van der Waals surface area (Å²) in [7, 11) is 2.09. The molecule has 3 heterocycles. The summed E-state index contributed by atoms with van der Waals surface area (Å²) in [5.41, 5.74) is 13.8. The van der Waals surface area contributed by atoms with Crippen LogP contribution < -0.4 is 9.13 Å². The average Bonchev–Trinajstić information content (AvgIpc) is 3.84. The monoisotopic (exact) mass is 700 g/mol. The highest BCUT2D eigenvalue weighted by molar-refractivity contribution is 5.76. The molecule has 0 spiro atoms. The predicted molar refractivity (Wildman–Crippen MR) is 220 cm³/mol. The van der Waals surface area contributed by atoms with Crippen LogP contribution in [0.25, 0.3) is 34.2 Å². The second-order valence-corrected chi connectivity index (χ2v) is 15.9. The van der Waals surface area contributed by atoms with Crippen LogP contribution in [0.4, 0.5) is 0 Å². The first kappa shape index (κ1) is 36.2. The summed E-state index contributed by atoms with van der Waals surface area (Å²) in [6, 6.07) is 37.4. The maximum atomic E-state index is 2.55. The Kier molecular flexibility index (Phi) is 10.2. The second kappa shape index (κ2) is 15.0. The van der Waals surface area contributed by atoms with Crippen LogP contribution in [0.15, 0.2) is 145 Å². The van der Waals surface area contributed by atoms with Gasteiger partial charge in [-0.1, -0.05) is 133 Å². The molecule has 1 aliphatic heterocycles. The Morgan fingerprint density at radius 2 is 1.26 bits per heavy atom. The normalized spacial score (nSPS) is 16.5. The third kappa shape index (κ3) is 6.76. The molecule has 6 aromatic rings. The van der Waals surface area contributed by atoms with Gasteiger partial charge in [-0.15, -0.1) is 0 Å². The third-order valence-corrected chi connectivity index (χ3v) is 11.2. The highest BCUT2D eigenvalue weighted by Crippen LogP contribution is 2.46. The lowest BCUT2D eigenvalue weighted by atomic mass is 9.77. The molecule has 0 saturated carbocycles. The van der Waals surface area contributed by atoms with Gasteiger partial charge in [-0.05, 0) is 84.1 Å². The Morgan fingerprint density at radius 3 is 1.91 bits per heavy atom. The molecule has 0 bridgehead atoms. The van der Waals surface area contributed by atoms with E-state index >= 15 is 0 Å². The van der Waals surface area contributed by atoms with E-state index in [1.807, 2.05) is 0 Å². The van der Waals surface area contributed by atoms with E-state index < -0.39 is 0 Å². The van der Waals surface area contributed by atoms with E-state index in [0.29, 0.717) is 29.7 Å². The molecule has 4 aromatic carbocycles. The summed E-state index contributed by atoms with van der Waals surface area (Å²) < 4.78 is 9.48. The fourth-order valence-electron chi connectivity index (χ4n) is 8.70. The molecule has 53 heavy (non-hydrogen) atoms. The molecule has 1 aliphatic carbocycles. The van der Waals surface area contributed by atoms with Gasteiger partial charge in [0.15, 0.2) is 0 Å². The fraction of sp³-hybridized carbons (Fsp3) is 0.306. The van der Waals surface area contributed by atoms with Gasteiger partial charge >= 0.3 is 0 Å². The maximum Gasteiger partial charge on any atom is 0.295 e. The van der Waals surface area contributed by atoms with Crippen LogP contribution in [0.3, 0.4) is 0 Å². The molecule has 4 heteroatoms. The number of hydrogen-bond acceptors (Lipinski definition) is 0. The second-order valence-electron chi connectivity index (χ2n) is 15.9. The van der Waals surface area contributed by atoms with Crippen molar-refractivity contribution in [3.8, 4) is 28.5 Å². The maximum absolute atomic E-state index is 2.55. The molecule has 0 radical (unpaired) electrons. The lowest BCUT2D eigenvalue weighted by molar-refractivity contribution is -0.702. The number of aryl methyl sites for hydroxylation is 3. The molecule has 1 unspecified atom stereocenters. The number of allylic oxidation sites excluding steroid dienone is 4. The van der Waals surface area contributed by atoms with Crippen molar-refractivity contribution in [3.05, 3.63) is 167 Å². The largest absolute Gasteiger partial charge is 0.295 e. The zero-order valence-corrected chi connectivity index (χ0v) is 33.1. The minimum absolute atomic E-state index is 0.396. The van der Waals surface area contributed by atoms with Gasteiger partial charge in [0.2, 0.25) is 0 Å². The van der Waals surface area contributed by atoms with E-state index in [-0.39, 0.29) is 0 Å². The van der Waals surface area contributed by atoms with Crippen molar-refractivity contribution in [1.29, 1.82) is 0 Å². The lowest BCUT2D eigenvalue weighted by Crippen LogP contribution is -2.39. The summed E-state index contributed by atoms with van der Waals surface area (Å²) in [6.07, 6.45) is 12.5. The Labute approximate surface area is 317 Å². The highest BCUT2D eigenvalue weighted by atomic mass is 15.2. The van der Waals surface area contributed by atoms with E-state index in [1.54, 1.807) is 5.57 Å². The van der Waals surface area contributed by atoms with Crippen molar-refractivity contribution < 1.29 is 9.13 Å². The minimum atomic E-state index is 0.396. The Morgan fingerprint density at radius 1 is 0.642 bits per heavy atom. The SMILES string of the molecule is CC(C)C1=CC(c2ccccc2)CC(C(C)C)=C1n1cc[n+]2c1-c1ccccc1[C@H]2C(C)C.Cc1cccc(C)c1-n1cc[n+](C)c1-c1ccccc1. The van der Waals surface area contributed by atoms with Gasteiger partial charge in [-0.25, -0.2) is 9.13 Å². The fourth-order valence-corrected chi connectivity index (χ4v) is 8.70. The summed E-state index contributed by atoms with van der Waals surface area (Å²) in [5, 5.41) is 0. The molecule has 0 amide bonds. The van der Waals surface area contributed by atoms with Crippen molar-refractivity contribution in [2.24, 2.45) is 24.8 Å². The van der Waals surface area contributed by atoms with E-state index in [1.165, 1.54) is 62.0 Å². The topological polar surface area (TPSA) is 17.6 Å². The van der Waals surface area contributed by atoms with Gasteiger partial charge in [0.05, 0.1) is 18.2 Å².